The number of benzene rings is 2. The van der Waals surface area contributed by atoms with Gasteiger partial charge in [-0.05, 0) is 84.7 Å². The minimum atomic E-state index is -1.92. The fourth-order valence-electron chi connectivity index (χ4n) is 9.72. The smallest absolute Gasteiger partial charge is 0.343 e. The number of carbonyl (C=O) groups excluding carboxylic acids is 5. The van der Waals surface area contributed by atoms with Crippen molar-refractivity contribution in [3.63, 3.8) is 0 Å². The number of rotatable bonds is 45. The number of nitrogens with zero attached hydrogens (tertiary/aromatic N) is 5. The van der Waals surface area contributed by atoms with Crippen molar-refractivity contribution in [2.75, 3.05) is 137 Å². The van der Waals surface area contributed by atoms with E-state index < -0.39 is 47.4 Å². The van der Waals surface area contributed by atoms with Crippen LogP contribution in [0.15, 0.2) is 58.4 Å². The first-order valence-corrected chi connectivity index (χ1v) is 30.2. The van der Waals surface area contributed by atoms with Gasteiger partial charge in [0.05, 0.1) is 148 Å². The van der Waals surface area contributed by atoms with E-state index in [1.165, 1.54) is 0 Å². The standard InChI is InChI=1S/C61H86N10O18/c1-5-45-46-36-44(13-14-50(46)67-55-47(45)38-71-52(55)37-49-48(58(71)75)40-89-59(76)61(49,78)6-2)88-39-42-9-11-43(12-10-42)66-56(73)51(8-7-16-64-60(62)77)68-57(74)54(41(3)4)69-53(72)15-18-79-20-22-81-24-26-83-28-30-85-32-34-87-35-33-86-31-29-84-27-25-82-23-21-80-19-17-65-70-63/h9-14,36-37,41,51,54,78H,5-8,15-35,38-40H2,1-4H3,(H,66,73)(H,68,74)(H,69,72)(H3,62,64,77)/t51?,54?,61-/m0/s1. The molecule has 89 heavy (non-hydrogen) atoms. The van der Waals surface area contributed by atoms with Gasteiger partial charge in [0, 0.05) is 46.6 Å². The van der Waals surface area contributed by atoms with Gasteiger partial charge in [-0.2, -0.15) is 0 Å². The molecule has 0 saturated carbocycles. The lowest BCUT2D eigenvalue weighted by Gasteiger charge is -2.31. The average molecular weight is 1250 g/mol. The summed E-state index contributed by atoms with van der Waals surface area (Å²) in [6.45, 7) is 14.8. The number of esters is 1. The third-order valence-electron chi connectivity index (χ3n) is 14.5. The minimum Gasteiger partial charge on any atom is -0.489 e. The summed E-state index contributed by atoms with van der Waals surface area (Å²) in [5, 5.41) is 26.5. The Balaban J connectivity index is 0.843. The Kier molecular flexibility index (Phi) is 30.4. The quantitative estimate of drug-likeness (QED) is 0.0105. The van der Waals surface area contributed by atoms with Gasteiger partial charge in [-0.25, -0.2) is 14.6 Å². The van der Waals surface area contributed by atoms with Crippen LogP contribution in [0.5, 0.6) is 5.75 Å². The predicted octanol–water partition coefficient (Wildman–Crippen LogP) is 4.08. The number of aliphatic hydroxyl groups is 1. The van der Waals surface area contributed by atoms with Crippen molar-refractivity contribution in [3.8, 4) is 17.1 Å². The number of aromatic nitrogens is 2. The number of ether oxygens (including phenoxy) is 11. The normalized spacial score (nSPS) is 14.7. The molecule has 3 atom stereocenters. The lowest BCUT2D eigenvalue weighted by molar-refractivity contribution is -0.172. The number of hydrogen-bond donors (Lipinski definition) is 6. The van der Waals surface area contributed by atoms with Crippen LogP contribution in [0, 0.1) is 5.92 Å². The zero-order valence-corrected chi connectivity index (χ0v) is 51.4. The molecule has 0 spiro atoms. The average Bonchev–Trinajstić information content (AvgIpc) is 1.65. The van der Waals surface area contributed by atoms with Crippen molar-refractivity contribution in [1.82, 2.24) is 25.5 Å². The fourth-order valence-corrected chi connectivity index (χ4v) is 9.72. The Bertz CT molecular complexity index is 3030. The molecule has 0 radical (unpaired) electrons. The summed E-state index contributed by atoms with van der Waals surface area (Å²) in [6.07, 6.45) is 1.12. The number of anilines is 1. The van der Waals surface area contributed by atoms with Crippen LogP contribution in [-0.2, 0) is 98.3 Å². The second-order valence-corrected chi connectivity index (χ2v) is 21.0. The SMILES string of the molecule is CCc1c2c(nc3ccc(OCc4ccc(NC(=O)C(CCCNC(N)=O)NC(=O)C(NC(=O)CCOCCOCCOCCOCCOCCOCCOCCOCCOCCN=[N+]=[N-])C(C)C)cc4)cc13)-c1cc3c(c(=O)n1C2)COC(=O)[C@]3(O)CC. The first kappa shape index (κ1) is 70.7. The van der Waals surface area contributed by atoms with Crippen molar-refractivity contribution in [1.29, 1.82) is 0 Å². The monoisotopic (exact) mass is 1250 g/mol. The van der Waals surface area contributed by atoms with E-state index in [9.17, 15) is 33.9 Å². The van der Waals surface area contributed by atoms with Crippen LogP contribution < -0.4 is 37.3 Å². The number of hydrogen-bond acceptors (Lipinski definition) is 20. The van der Waals surface area contributed by atoms with Gasteiger partial charge in [-0.3, -0.25) is 19.2 Å². The third-order valence-corrected chi connectivity index (χ3v) is 14.5. The van der Waals surface area contributed by atoms with Gasteiger partial charge < -0.3 is 88.8 Å². The number of urea groups is 1. The molecule has 7 N–H and O–H groups in total. The Labute approximate surface area is 517 Å². The van der Waals surface area contributed by atoms with Gasteiger partial charge in [-0.1, -0.05) is 44.9 Å². The van der Waals surface area contributed by atoms with E-state index in [0.29, 0.717) is 147 Å². The van der Waals surface area contributed by atoms with Gasteiger partial charge in [0.25, 0.3) is 5.56 Å². The number of pyridine rings is 2. The van der Waals surface area contributed by atoms with Crippen molar-refractivity contribution in [3.05, 3.63) is 97.1 Å². The number of azide groups is 1. The topological polar surface area (TPSA) is 365 Å². The van der Waals surface area contributed by atoms with Crippen molar-refractivity contribution >= 4 is 46.3 Å². The Morgan fingerprint density at radius 3 is 1.88 bits per heavy atom. The van der Waals surface area contributed by atoms with E-state index in [0.717, 1.165) is 22.1 Å². The predicted molar refractivity (Wildman–Crippen MR) is 325 cm³/mol. The molecule has 28 heteroatoms. The summed E-state index contributed by atoms with van der Waals surface area (Å²) in [5.41, 5.74) is 16.7. The summed E-state index contributed by atoms with van der Waals surface area (Å²) in [6, 6.07) is 11.6. The van der Waals surface area contributed by atoms with Gasteiger partial charge in [-0.15, -0.1) is 0 Å². The molecule has 2 aliphatic rings. The number of amides is 5. The van der Waals surface area contributed by atoms with Crippen LogP contribution in [0.3, 0.4) is 0 Å². The maximum Gasteiger partial charge on any atom is 0.343 e. The van der Waals surface area contributed by atoms with Crippen LogP contribution in [0.1, 0.15) is 81.2 Å². The maximum atomic E-state index is 13.8. The number of cyclic esters (lactones) is 1. The van der Waals surface area contributed by atoms with E-state index >= 15 is 0 Å². The summed E-state index contributed by atoms with van der Waals surface area (Å²) in [7, 11) is 0. The minimum absolute atomic E-state index is 0.0178. The highest BCUT2D eigenvalue weighted by atomic mass is 16.6. The van der Waals surface area contributed by atoms with Crippen LogP contribution in [0.2, 0.25) is 0 Å². The number of primary amides is 1. The Hall–Kier alpha value is -7.34. The first-order valence-electron chi connectivity index (χ1n) is 30.2. The second-order valence-electron chi connectivity index (χ2n) is 21.0. The molecule has 0 bridgehead atoms. The van der Waals surface area contributed by atoms with E-state index in [-0.39, 0.29) is 88.0 Å². The number of carbonyl (C=O) groups is 5. The zero-order valence-electron chi connectivity index (χ0n) is 51.4. The Morgan fingerprint density at radius 2 is 1.34 bits per heavy atom. The van der Waals surface area contributed by atoms with E-state index in [2.05, 4.69) is 31.3 Å². The highest BCUT2D eigenvalue weighted by Gasteiger charge is 2.45. The summed E-state index contributed by atoms with van der Waals surface area (Å²) >= 11 is 0. The van der Waals surface area contributed by atoms with Crippen LogP contribution in [0.4, 0.5) is 10.5 Å². The first-order chi connectivity index (χ1) is 43.2. The molecule has 4 aromatic rings. The highest BCUT2D eigenvalue weighted by Crippen LogP contribution is 2.41. The van der Waals surface area contributed by atoms with Crippen LogP contribution in [-0.4, -0.2) is 188 Å². The van der Waals surface area contributed by atoms with Crippen molar-refractivity contribution in [2.45, 2.75) is 97.2 Å². The van der Waals surface area contributed by atoms with Crippen molar-refractivity contribution < 1.29 is 81.2 Å². The van der Waals surface area contributed by atoms with E-state index in [1.54, 1.807) is 55.7 Å². The van der Waals surface area contributed by atoms with Gasteiger partial charge in [0.2, 0.25) is 17.7 Å². The Morgan fingerprint density at radius 1 is 0.764 bits per heavy atom. The molecule has 2 aromatic carbocycles. The molecule has 488 valence electrons. The summed E-state index contributed by atoms with van der Waals surface area (Å²) in [4.78, 5) is 86.0. The molecule has 28 nitrogen and oxygen atoms in total. The number of nitrogens with one attached hydrogen (secondary N) is 4. The van der Waals surface area contributed by atoms with Crippen LogP contribution in [0.25, 0.3) is 32.7 Å². The molecule has 6 rings (SSSR count). The molecule has 0 fully saturated rings. The van der Waals surface area contributed by atoms with Crippen molar-refractivity contribution in [2.24, 2.45) is 16.8 Å². The molecule has 0 aliphatic carbocycles. The molecule has 2 unspecified atom stereocenters. The van der Waals surface area contributed by atoms with E-state index in [4.69, 9.17) is 68.4 Å². The third kappa shape index (κ3) is 22.3. The number of nitrogens with two attached hydrogens (primary N) is 1. The van der Waals surface area contributed by atoms with E-state index in [1.807, 2.05) is 25.1 Å². The summed E-state index contributed by atoms with van der Waals surface area (Å²) in [5.74, 6) is -2.01. The lowest BCUT2D eigenvalue weighted by atomic mass is 9.86. The fraction of sp³-hybridized carbons (Fsp3) is 0.590. The molecule has 2 aliphatic heterocycles. The number of fused-ring (bicyclic) bond motifs is 5. The second kappa shape index (κ2) is 38.3. The maximum absolute atomic E-state index is 13.8. The molecule has 4 heterocycles. The largest absolute Gasteiger partial charge is 0.489 e. The lowest BCUT2D eigenvalue weighted by Crippen LogP contribution is -2.54. The molecular weight excluding hydrogens is 1160 g/mol. The number of aryl methyl sites for hydroxylation is 1. The molecule has 5 amide bonds. The molecule has 2 aromatic heterocycles. The van der Waals surface area contributed by atoms with Gasteiger partial charge in [0.15, 0.2) is 5.60 Å². The summed E-state index contributed by atoms with van der Waals surface area (Å²) < 4.78 is 62.3. The van der Waals surface area contributed by atoms with Gasteiger partial charge in [0.1, 0.15) is 31.0 Å². The molecular formula is C61H86N10O18. The highest BCUT2D eigenvalue weighted by molar-refractivity contribution is 5.98. The van der Waals surface area contributed by atoms with Gasteiger partial charge >= 0.3 is 12.0 Å². The zero-order chi connectivity index (χ0) is 63.8. The van der Waals surface area contributed by atoms with Crippen LogP contribution >= 0.6 is 0 Å². The molecule has 0 saturated heterocycles.